The number of nitrogens with zero attached hydrogens (tertiary/aromatic N) is 2. The van der Waals surface area contributed by atoms with E-state index in [1.54, 1.807) is 0 Å². The van der Waals surface area contributed by atoms with Crippen LogP contribution < -0.4 is 5.56 Å². The summed E-state index contributed by atoms with van der Waals surface area (Å²) in [6.07, 6.45) is 8.57. The van der Waals surface area contributed by atoms with E-state index in [4.69, 9.17) is 4.98 Å². The predicted octanol–water partition coefficient (Wildman–Crippen LogP) is 6.50. The Bertz CT molecular complexity index is 1210. The molecule has 0 bridgehead atoms. The second-order valence-corrected chi connectivity index (χ2v) is 11.2. The van der Waals surface area contributed by atoms with Crippen molar-refractivity contribution in [1.29, 1.82) is 0 Å². The van der Waals surface area contributed by atoms with Gasteiger partial charge in [0.2, 0.25) is 0 Å². The van der Waals surface area contributed by atoms with Crippen LogP contribution >= 0.6 is 23.1 Å². The summed E-state index contributed by atoms with van der Waals surface area (Å²) >= 11 is 2.87. The Kier molecular flexibility index (Phi) is 6.57. The molecule has 3 aromatic rings. The van der Waals surface area contributed by atoms with Gasteiger partial charge in [-0.05, 0) is 42.7 Å². The summed E-state index contributed by atoms with van der Waals surface area (Å²) in [5.41, 5.74) is 4.21. The SMILES string of the molecule is CCCCn1c(SCC(=O)c2cccs2)nc2c(c1=O)C1(CCCCC1)Cc1ccccc1-2. The van der Waals surface area contributed by atoms with E-state index in [2.05, 4.69) is 25.1 Å². The number of ketones is 1. The van der Waals surface area contributed by atoms with E-state index in [0.29, 0.717) is 17.5 Å². The molecule has 2 aromatic heterocycles. The van der Waals surface area contributed by atoms with Crippen molar-refractivity contribution in [3.8, 4) is 11.3 Å². The molecule has 2 aliphatic carbocycles. The van der Waals surface area contributed by atoms with Gasteiger partial charge in [-0.25, -0.2) is 4.98 Å². The van der Waals surface area contributed by atoms with Gasteiger partial charge < -0.3 is 0 Å². The average molecular weight is 479 g/mol. The monoisotopic (exact) mass is 478 g/mol. The standard InChI is InChI=1S/C27H30N2O2S2/c1-2-3-15-29-25(31)23-24(28-26(29)33-18-21(30)22-12-9-16-32-22)20-11-6-5-10-19(20)17-27(23)13-7-4-8-14-27/h5-6,9-12,16H,2-4,7-8,13-15,17-18H2,1H3. The number of unbranched alkanes of at least 4 members (excludes halogenated alkanes) is 1. The maximum Gasteiger partial charge on any atom is 0.258 e. The summed E-state index contributed by atoms with van der Waals surface area (Å²) in [5.74, 6) is 0.387. The third-order valence-electron chi connectivity index (χ3n) is 7.14. The molecule has 172 valence electrons. The Balaban J connectivity index is 1.63. The smallest absolute Gasteiger partial charge is 0.258 e. The van der Waals surface area contributed by atoms with Crippen molar-refractivity contribution >= 4 is 28.9 Å². The molecule has 0 radical (unpaired) electrons. The van der Waals surface area contributed by atoms with Crippen LogP contribution in [0.25, 0.3) is 11.3 Å². The molecule has 1 aromatic carbocycles. The molecule has 0 aliphatic heterocycles. The fraction of sp³-hybridized carbons (Fsp3) is 0.444. The lowest BCUT2D eigenvalue weighted by Crippen LogP contribution is -2.43. The number of carbonyl (C=O) groups excluding carboxylic acids is 1. The van der Waals surface area contributed by atoms with Crippen LogP contribution in [0.1, 0.15) is 72.7 Å². The molecule has 0 saturated heterocycles. The maximum atomic E-state index is 14.1. The zero-order chi connectivity index (χ0) is 22.8. The summed E-state index contributed by atoms with van der Waals surface area (Å²) in [6.45, 7) is 2.80. The molecular formula is C27H30N2O2S2. The number of carbonyl (C=O) groups is 1. The topological polar surface area (TPSA) is 52.0 Å². The first-order valence-corrected chi connectivity index (χ1v) is 13.9. The molecule has 2 aliphatic rings. The van der Waals surface area contributed by atoms with Gasteiger partial charge in [0.1, 0.15) is 0 Å². The van der Waals surface area contributed by atoms with Crippen LogP contribution in [0.4, 0.5) is 0 Å². The first kappa shape index (κ1) is 22.6. The molecule has 1 saturated carbocycles. The highest BCUT2D eigenvalue weighted by atomic mass is 32.2. The Morgan fingerprint density at radius 2 is 1.97 bits per heavy atom. The average Bonchev–Trinajstić information content (AvgIpc) is 3.37. The van der Waals surface area contributed by atoms with E-state index < -0.39 is 0 Å². The van der Waals surface area contributed by atoms with Gasteiger partial charge in [-0.2, -0.15) is 0 Å². The number of fused-ring (bicyclic) bond motifs is 4. The number of benzene rings is 1. The minimum absolute atomic E-state index is 0.0909. The molecule has 33 heavy (non-hydrogen) atoms. The number of hydrogen-bond acceptors (Lipinski definition) is 5. The third-order valence-corrected chi connectivity index (χ3v) is 9.03. The Morgan fingerprint density at radius 3 is 2.73 bits per heavy atom. The fourth-order valence-corrected chi connectivity index (χ4v) is 7.14. The number of aromatic nitrogens is 2. The Morgan fingerprint density at radius 1 is 1.15 bits per heavy atom. The quantitative estimate of drug-likeness (QED) is 0.221. The highest BCUT2D eigenvalue weighted by molar-refractivity contribution is 7.99. The van der Waals surface area contributed by atoms with Gasteiger partial charge in [-0.3, -0.25) is 14.2 Å². The van der Waals surface area contributed by atoms with Gasteiger partial charge >= 0.3 is 0 Å². The van der Waals surface area contributed by atoms with Gasteiger partial charge in [0.15, 0.2) is 10.9 Å². The van der Waals surface area contributed by atoms with E-state index in [0.717, 1.165) is 53.8 Å². The minimum Gasteiger partial charge on any atom is -0.292 e. The molecule has 5 rings (SSSR count). The van der Waals surface area contributed by atoms with Crippen LogP contribution in [-0.2, 0) is 18.4 Å². The molecule has 6 heteroatoms. The van der Waals surface area contributed by atoms with E-state index in [9.17, 15) is 9.59 Å². The first-order chi connectivity index (χ1) is 16.1. The lowest BCUT2D eigenvalue weighted by Gasteiger charge is -2.42. The normalized spacial score (nSPS) is 16.4. The van der Waals surface area contributed by atoms with Gasteiger partial charge in [0.25, 0.3) is 5.56 Å². The fourth-order valence-electron chi connectivity index (χ4n) is 5.48. The lowest BCUT2D eigenvalue weighted by atomic mass is 9.62. The predicted molar refractivity (Wildman–Crippen MR) is 137 cm³/mol. The maximum absolute atomic E-state index is 14.1. The highest BCUT2D eigenvalue weighted by Crippen LogP contribution is 2.48. The summed E-state index contributed by atoms with van der Waals surface area (Å²) < 4.78 is 1.87. The van der Waals surface area contributed by atoms with E-state index in [-0.39, 0.29) is 16.8 Å². The highest BCUT2D eigenvalue weighted by Gasteiger charge is 2.43. The third kappa shape index (κ3) is 4.24. The molecule has 0 atom stereocenters. The molecule has 0 amide bonds. The molecule has 2 heterocycles. The molecule has 4 nitrogen and oxygen atoms in total. The minimum atomic E-state index is -0.101. The van der Waals surface area contributed by atoms with Crippen molar-refractivity contribution in [2.24, 2.45) is 0 Å². The van der Waals surface area contributed by atoms with Crippen molar-refractivity contribution in [1.82, 2.24) is 9.55 Å². The second kappa shape index (κ2) is 9.59. The zero-order valence-corrected chi connectivity index (χ0v) is 20.8. The first-order valence-electron chi connectivity index (χ1n) is 12.1. The number of thioether (sulfide) groups is 1. The van der Waals surface area contributed by atoms with Crippen LogP contribution in [0.15, 0.2) is 51.7 Å². The summed E-state index contributed by atoms with van der Waals surface area (Å²) in [5, 5.41) is 2.60. The summed E-state index contributed by atoms with van der Waals surface area (Å²) in [4.78, 5) is 32.7. The summed E-state index contributed by atoms with van der Waals surface area (Å²) in [7, 11) is 0. The van der Waals surface area contributed by atoms with Crippen molar-refractivity contribution in [3.63, 3.8) is 0 Å². The largest absolute Gasteiger partial charge is 0.292 e. The molecule has 0 unspecified atom stereocenters. The Labute approximate surface area is 203 Å². The van der Waals surface area contributed by atoms with E-state index in [1.807, 2.05) is 28.1 Å². The second-order valence-electron chi connectivity index (χ2n) is 9.29. The van der Waals surface area contributed by atoms with E-state index in [1.165, 1.54) is 47.9 Å². The number of hydrogen-bond donors (Lipinski definition) is 0. The van der Waals surface area contributed by atoms with Crippen molar-refractivity contribution < 1.29 is 4.79 Å². The van der Waals surface area contributed by atoms with Crippen LogP contribution in [0.2, 0.25) is 0 Å². The zero-order valence-electron chi connectivity index (χ0n) is 19.1. The summed E-state index contributed by atoms with van der Waals surface area (Å²) in [6, 6.07) is 12.2. The number of rotatable bonds is 7. The van der Waals surface area contributed by atoms with Crippen LogP contribution in [-0.4, -0.2) is 21.1 Å². The molecule has 1 spiro atoms. The molecule has 1 fully saturated rings. The van der Waals surface area contributed by atoms with Crippen molar-refractivity contribution in [2.75, 3.05) is 5.75 Å². The van der Waals surface area contributed by atoms with Crippen LogP contribution in [0.3, 0.4) is 0 Å². The number of Topliss-reactive ketones (excluding diaryl/α,β-unsaturated/α-hetero) is 1. The van der Waals surface area contributed by atoms with Crippen molar-refractivity contribution in [3.05, 3.63) is 68.1 Å². The van der Waals surface area contributed by atoms with Crippen LogP contribution in [0.5, 0.6) is 0 Å². The van der Waals surface area contributed by atoms with Crippen molar-refractivity contribution in [2.45, 2.75) is 75.4 Å². The van der Waals surface area contributed by atoms with Gasteiger partial charge in [0, 0.05) is 17.5 Å². The van der Waals surface area contributed by atoms with Gasteiger partial charge in [-0.15, -0.1) is 11.3 Å². The van der Waals surface area contributed by atoms with Crippen LogP contribution in [0, 0.1) is 0 Å². The number of thiophene rings is 1. The Hall–Kier alpha value is -2.18. The molecule has 0 N–H and O–H groups in total. The van der Waals surface area contributed by atoms with E-state index >= 15 is 0 Å². The molecular weight excluding hydrogens is 448 g/mol. The van der Waals surface area contributed by atoms with Gasteiger partial charge in [0.05, 0.1) is 21.9 Å². The van der Waals surface area contributed by atoms with Gasteiger partial charge in [-0.1, -0.05) is 74.7 Å². The lowest BCUT2D eigenvalue weighted by molar-refractivity contribution is 0.102.